The summed E-state index contributed by atoms with van der Waals surface area (Å²) in [6.45, 7) is 1.01. The Kier molecular flexibility index (Phi) is 2.30. The Balaban J connectivity index is 1.73. The molecule has 1 fully saturated rings. The predicted octanol–water partition coefficient (Wildman–Crippen LogP) is 3.23. The summed E-state index contributed by atoms with van der Waals surface area (Å²) in [5.74, 6) is 1.02. The third-order valence-electron chi connectivity index (χ3n) is 3.89. The van der Waals surface area contributed by atoms with Gasteiger partial charge in [-0.15, -0.1) is 0 Å². The van der Waals surface area contributed by atoms with Gasteiger partial charge in [-0.05, 0) is 35.8 Å². The summed E-state index contributed by atoms with van der Waals surface area (Å²) in [5.41, 5.74) is 2.76. The maximum atomic E-state index is 4.46. The van der Waals surface area contributed by atoms with Gasteiger partial charge in [0, 0.05) is 18.9 Å². The first-order valence-electron chi connectivity index (χ1n) is 6.67. The molecule has 19 heavy (non-hydrogen) atoms. The second-order valence-electron chi connectivity index (χ2n) is 4.94. The summed E-state index contributed by atoms with van der Waals surface area (Å²) in [7, 11) is 0. The monoisotopic (exact) mass is 249 g/mol. The summed E-state index contributed by atoms with van der Waals surface area (Å²) in [6.07, 6.45) is 7.35. The zero-order valence-electron chi connectivity index (χ0n) is 10.6. The highest BCUT2D eigenvalue weighted by Gasteiger charge is 2.34. The third-order valence-corrected chi connectivity index (χ3v) is 3.89. The summed E-state index contributed by atoms with van der Waals surface area (Å²) in [6, 6.07) is 15.2. The van der Waals surface area contributed by atoms with Gasteiger partial charge in [0.2, 0.25) is 0 Å². The zero-order chi connectivity index (χ0) is 12.7. The van der Waals surface area contributed by atoms with Gasteiger partial charge in [0.25, 0.3) is 0 Å². The van der Waals surface area contributed by atoms with Gasteiger partial charge in [0.05, 0.1) is 6.04 Å². The zero-order valence-corrected chi connectivity index (χ0v) is 10.6. The molecule has 1 aromatic carbocycles. The number of hydrogen-bond donors (Lipinski definition) is 0. The molecule has 94 valence electrons. The second-order valence-corrected chi connectivity index (χ2v) is 4.94. The highest BCUT2D eigenvalue weighted by atomic mass is 15.7. The molecule has 2 aromatic rings. The van der Waals surface area contributed by atoms with Gasteiger partial charge in [-0.2, -0.15) is 0 Å². The quantitative estimate of drug-likeness (QED) is 0.773. The lowest BCUT2D eigenvalue weighted by molar-refractivity contribution is 0.327. The van der Waals surface area contributed by atoms with Crippen LogP contribution in [0.2, 0.25) is 0 Å². The lowest BCUT2D eigenvalue weighted by Crippen LogP contribution is -2.35. The number of hydrogen-bond acceptors (Lipinski definition) is 3. The molecule has 0 aliphatic carbocycles. The molecule has 3 heterocycles. The summed E-state index contributed by atoms with van der Waals surface area (Å²) >= 11 is 0. The lowest BCUT2D eigenvalue weighted by atomic mass is 9.96. The maximum absolute atomic E-state index is 4.46. The average Bonchev–Trinajstić information content (AvgIpc) is 2.92. The molecule has 0 saturated carbocycles. The van der Waals surface area contributed by atoms with E-state index in [1.165, 1.54) is 11.1 Å². The fourth-order valence-corrected chi connectivity index (χ4v) is 3.01. The Morgan fingerprint density at radius 2 is 1.95 bits per heavy atom. The molecule has 0 spiro atoms. The van der Waals surface area contributed by atoms with E-state index in [2.05, 4.69) is 57.6 Å². The molecule has 0 bridgehead atoms. The van der Waals surface area contributed by atoms with Crippen molar-refractivity contribution in [3.63, 3.8) is 0 Å². The average molecular weight is 249 g/mol. The van der Waals surface area contributed by atoms with Crippen molar-refractivity contribution in [2.24, 2.45) is 0 Å². The van der Waals surface area contributed by atoms with Gasteiger partial charge in [-0.3, -0.25) is 10.0 Å². The summed E-state index contributed by atoms with van der Waals surface area (Å²) < 4.78 is 0. The lowest BCUT2D eigenvalue weighted by Gasteiger charge is -2.34. The number of pyridine rings is 1. The van der Waals surface area contributed by atoms with Crippen molar-refractivity contribution >= 4 is 11.9 Å². The van der Waals surface area contributed by atoms with E-state index in [-0.39, 0.29) is 0 Å². The van der Waals surface area contributed by atoms with E-state index in [0.717, 1.165) is 18.8 Å². The number of hydrazine groups is 1. The van der Waals surface area contributed by atoms with Crippen LogP contribution >= 0.6 is 0 Å². The molecule has 0 radical (unpaired) electrons. The number of benzene rings is 1. The van der Waals surface area contributed by atoms with Crippen LogP contribution in [0.15, 0.2) is 54.9 Å². The van der Waals surface area contributed by atoms with E-state index in [9.17, 15) is 0 Å². The van der Waals surface area contributed by atoms with Crippen LogP contribution < -0.4 is 5.01 Å². The molecular weight excluding hydrogens is 234 g/mol. The minimum atomic E-state index is 0.447. The van der Waals surface area contributed by atoms with Crippen molar-refractivity contribution in [1.29, 1.82) is 0 Å². The van der Waals surface area contributed by atoms with Crippen LogP contribution in [0.4, 0.5) is 5.82 Å². The van der Waals surface area contributed by atoms with Crippen LogP contribution in [-0.2, 0) is 0 Å². The van der Waals surface area contributed by atoms with Gasteiger partial charge < -0.3 is 0 Å². The normalized spacial score (nSPS) is 20.3. The molecule has 1 unspecified atom stereocenters. The molecule has 1 saturated heterocycles. The van der Waals surface area contributed by atoms with Crippen LogP contribution in [0.5, 0.6) is 0 Å². The highest BCUT2D eigenvalue weighted by Crippen LogP contribution is 2.39. The van der Waals surface area contributed by atoms with Crippen molar-refractivity contribution in [1.82, 2.24) is 9.99 Å². The number of aromatic nitrogens is 1. The molecule has 0 amide bonds. The maximum Gasteiger partial charge on any atom is 0.147 e. The Hall–Kier alpha value is -2.29. The number of nitrogens with zero attached hydrogens (tertiary/aromatic N) is 3. The van der Waals surface area contributed by atoms with E-state index in [1.807, 2.05) is 18.3 Å². The van der Waals surface area contributed by atoms with Gasteiger partial charge in [-0.25, -0.2) is 4.98 Å². The molecule has 2 aliphatic rings. The van der Waals surface area contributed by atoms with Crippen LogP contribution in [0.1, 0.15) is 23.6 Å². The van der Waals surface area contributed by atoms with Gasteiger partial charge in [-0.1, -0.05) is 30.3 Å². The van der Waals surface area contributed by atoms with Crippen molar-refractivity contribution in [3.8, 4) is 0 Å². The molecule has 2 aliphatic heterocycles. The van der Waals surface area contributed by atoms with Crippen LogP contribution in [-0.4, -0.2) is 16.5 Å². The Labute approximate surface area is 112 Å². The molecule has 4 rings (SSSR count). The Bertz CT molecular complexity index is 621. The Morgan fingerprint density at radius 3 is 2.84 bits per heavy atom. The smallest absolute Gasteiger partial charge is 0.147 e. The first-order chi connectivity index (χ1) is 9.43. The standard InChI is InChI=1S/C16H15N3/c1-2-6-14-13(5-1)8-11-18-15(14)9-12-19(18)16-7-3-4-10-17-16/h1-8,10-11,15H,9,12H2. The molecule has 1 atom stereocenters. The predicted molar refractivity (Wildman–Crippen MR) is 76.3 cm³/mol. The SMILES string of the molecule is C1=CN2C(CCN2c2ccccn2)c2ccccc21. The summed E-state index contributed by atoms with van der Waals surface area (Å²) in [4.78, 5) is 4.46. The van der Waals surface area contributed by atoms with E-state index in [4.69, 9.17) is 0 Å². The number of rotatable bonds is 1. The van der Waals surface area contributed by atoms with Crippen LogP contribution in [0, 0.1) is 0 Å². The van der Waals surface area contributed by atoms with Gasteiger partial charge in [0.1, 0.15) is 5.82 Å². The summed E-state index contributed by atoms with van der Waals surface area (Å²) in [5, 5.41) is 4.57. The van der Waals surface area contributed by atoms with E-state index in [1.54, 1.807) is 0 Å². The van der Waals surface area contributed by atoms with Crippen LogP contribution in [0.25, 0.3) is 6.08 Å². The van der Waals surface area contributed by atoms with E-state index >= 15 is 0 Å². The highest BCUT2D eigenvalue weighted by molar-refractivity contribution is 5.58. The minimum absolute atomic E-state index is 0.447. The van der Waals surface area contributed by atoms with E-state index < -0.39 is 0 Å². The number of anilines is 1. The largest absolute Gasteiger partial charge is 0.284 e. The third kappa shape index (κ3) is 1.62. The van der Waals surface area contributed by atoms with Crippen molar-refractivity contribution < 1.29 is 0 Å². The fraction of sp³-hybridized carbons (Fsp3) is 0.188. The second kappa shape index (κ2) is 4.12. The van der Waals surface area contributed by atoms with Gasteiger partial charge in [0.15, 0.2) is 0 Å². The first-order valence-corrected chi connectivity index (χ1v) is 6.67. The molecule has 3 nitrogen and oxygen atoms in total. The number of fused-ring (bicyclic) bond motifs is 3. The molecule has 0 N–H and O–H groups in total. The fourth-order valence-electron chi connectivity index (χ4n) is 3.01. The Morgan fingerprint density at radius 1 is 1.05 bits per heavy atom. The van der Waals surface area contributed by atoms with Crippen molar-refractivity contribution in [3.05, 3.63) is 66.0 Å². The topological polar surface area (TPSA) is 19.4 Å². The van der Waals surface area contributed by atoms with Crippen molar-refractivity contribution in [2.45, 2.75) is 12.5 Å². The van der Waals surface area contributed by atoms with Crippen molar-refractivity contribution in [2.75, 3.05) is 11.6 Å². The van der Waals surface area contributed by atoms with E-state index in [0.29, 0.717) is 6.04 Å². The molecule has 1 aromatic heterocycles. The van der Waals surface area contributed by atoms with Crippen LogP contribution in [0.3, 0.4) is 0 Å². The first kappa shape index (κ1) is 10.6. The minimum Gasteiger partial charge on any atom is -0.284 e. The molecule has 3 heteroatoms. The van der Waals surface area contributed by atoms with Gasteiger partial charge >= 0.3 is 0 Å². The molecular formula is C16H15N3.